The van der Waals surface area contributed by atoms with Crippen LogP contribution in [0.4, 0.5) is 0 Å². The normalized spacial score (nSPS) is 29.4. The Balaban J connectivity index is 2.65. The molecule has 0 bridgehead atoms. The second-order valence-electron chi connectivity index (χ2n) is 6.22. The van der Waals surface area contributed by atoms with Crippen LogP contribution in [-0.4, -0.2) is 11.1 Å². The van der Waals surface area contributed by atoms with Crippen molar-refractivity contribution in [1.82, 2.24) is 0 Å². The molecule has 0 radical (unpaired) electrons. The van der Waals surface area contributed by atoms with Crippen molar-refractivity contribution in [2.24, 2.45) is 17.3 Å². The van der Waals surface area contributed by atoms with Gasteiger partial charge in [0, 0.05) is 0 Å². The highest BCUT2D eigenvalue weighted by Crippen LogP contribution is 2.48. The molecule has 0 aromatic rings. The van der Waals surface area contributed by atoms with Crippen molar-refractivity contribution in [3.8, 4) is 0 Å². The number of aliphatic carboxylic acids is 1. The lowest BCUT2D eigenvalue weighted by Gasteiger charge is -2.29. The summed E-state index contributed by atoms with van der Waals surface area (Å²) in [5, 5.41) is 9.65. The number of unbranched alkanes of at least 4 members (excludes halogenated alkanes) is 1. The molecular formula is C16H30O2. The molecule has 0 aromatic carbocycles. The molecule has 0 heterocycles. The fourth-order valence-electron chi connectivity index (χ4n) is 3.55. The van der Waals surface area contributed by atoms with E-state index in [1.165, 1.54) is 19.3 Å². The Labute approximate surface area is 112 Å². The summed E-state index contributed by atoms with van der Waals surface area (Å²) in [6.07, 6.45) is 9.79. The summed E-state index contributed by atoms with van der Waals surface area (Å²) in [6.45, 7) is 6.61. The second kappa shape index (κ2) is 7.16. The van der Waals surface area contributed by atoms with Crippen LogP contribution in [0.2, 0.25) is 0 Å². The summed E-state index contributed by atoms with van der Waals surface area (Å²) < 4.78 is 0. The van der Waals surface area contributed by atoms with Crippen LogP contribution in [0.15, 0.2) is 0 Å². The van der Waals surface area contributed by atoms with Gasteiger partial charge in [0.15, 0.2) is 0 Å². The van der Waals surface area contributed by atoms with E-state index in [2.05, 4.69) is 20.8 Å². The van der Waals surface area contributed by atoms with Crippen LogP contribution in [-0.2, 0) is 4.79 Å². The molecule has 18 heavy (non-hydrogen) atoms. The van der Waals surface area contributed by atoms with E-state index >= 15 is 0 Å². The highest BCUT2D eigenvalue weighted by molar-refractivity contribution is 5.75. The largest absolute Gasteiger partial charge is 0.481 e. The minimum Gasteiger partial charge on any atom is -0.481 e. The Morgan fingerprint density at radius 2 is 2.11 bits per heavy atom. The van der Waals surface area contributed by atoms with Gasteiger partial charge in [-0.1, -0.05) is 52.9 Å². The molecule has 1 rings (SSSR count). The smallest absolute Gasteiger partial charge is 0.309 e. The third kappa shape index (κ3) is 3.73. The van der Waals surface area contributed by atoms with Crippen LogP contribution in [0.5, 0.6) is 0 Å². The molecule has 3 atom stereocenters. The summed E-state index contributed by atoms with van der Waals surface area (Å²) >= 11 is 0. The Morgan fingerprint density at radius 1 is 1.39 bits per heavy atom. The van der Waals surface area contributed by atoms with Gasteiger partial charge in [0.2, 0.25) is 0 Å². The molecule has 0 spiro atoms. The van der Waals surface area contributed by atoms with Gasteiger partial charge in [-0.25, -0.2) is 0 Å². The Bertz CT molecular complexity index is 262. The maximum atomic E-state index is 11.7. The molecule has 0 aliphatic heterocycles. The lowest BCUT2D eigenvalue weighted by molar-refractivity contribution is -0.150. The molecule has 2 heteroatoms. The fourth-order valence-corrected chi connectivity index (χ4v) is 3.55. The van der Waals surface area contributed by atoms with Crippen molar-refractivity contribution in [2.45, 2.75) is 78.6 Å². The molecule has 106 valence electrons. The van der Waals surface area contributed by atoms with Gasteiger partial charge in [0.05, 0.1) is 5.41 Å². The van der Waals surface area contributed by atoms with Gasteiger partial charge in [0.1, 0.15) is 0 Å². The van der Waals surface area contributed by atoms with Crippen molar-refractivity contribution in [2.75, 3.05) is 0 Å². The molecule has 0 amide bonds. The van der Waals surface area contributed by atoms with Crippen LogP contribution in [0.3, 0.4) is 0 Å². The SMILES string of the molecule is CCCCC(CC)CC1(C(=O)O)CCC(CC)C1. The first kappa shape index (κ1) is 15.5. The van der Waals surface area contributed by atoms with Gasteiger partial charge < -0.3 is 5.11 Å². The maximum absolute atomic E-state index is 11.7. The summed E-state index contributed by atoms with van der Waals surface area (Å²) in [6, 6.07) is 0. The number of carboxylic acids is 1. The third-order valence-corrected chi connectivity index (χ3v) is 4.96. The zero-order valence-electron chi connectivity index (χ0n) is 12.4. The molecule has 1 aliphatic rings. The lowest BCUT2D eigenvalue weighted by atomic mass is 9.75. The standard InChI is InChI=1S/C16H30O2/c1-4-7-8-13(5-2)11-16(15(17)18)10-9-14(6-3)12-16/h13-14H,4-12H2,1-3H3,(H,17,18). The predicted molar refractivity (Wildman–Crippen MR) is 75.6 cm³/mol. The van der Waals surface area contributed by atoms with E-state index in [4.69, 9.17) is 0 Å². The molecule has 0 saturated heterocycles. The molecule has 1 N–H and O–H groups in total. The first-order valence-corrected chi connectivity index (χ1v) is 7.81. The van der Waals surface area contributed by atoms with Gasteiger partial charge in [-0.05, 0) is 37.5 Å². The zero-order valence-corrected chi connectivity index (χ0v) is 12.4. The summed E-state index contributed by atoms with van der Waals surface area (Å²) in [7, 11) is 0. The van der Waals surface area contributed by atoms with E-state index in [1.54, 1.807) is 0 Å². The fraction of sp³-hybridized carbons (Fsp3) is 0.938. The topological polar surface area (TPSA) is 37.3 Å². The van der Waals surface area contributed by atoms with Crippen LogP contribution in [0.25, 0.3) is 0 Å². The molecule has 2 nitrogen and oxygen atoms in total. The second-order valence-corrected chi connectivity index (χ2v) is 6.22. The first-order chi connectivity index (χ1) is 8.57. The van der Waals surface area contributed by atoms with Crippen molar-refractivity contribution >= 4 is 5.97 Å². The van der Waals surface area contributed by atoms with Crippen molar-refractivity contribution < 1.29 is 9.90 Å². The Hall–Kier alpha value is -0.530. The summed E-state index contributed by atoms with van der Waals surface area (Å²) in [4.78, 5) is 11.7. The quantitative estimate of drug-likeness (QED) is 0.670. The summed E-state index contributed by atoms with van der Waals surface area (Å²) in [5.74, 6) is 0.717. The molecule has 1 saturated carbocycles. The molecule has 0 aromatic heterocycles. The third-order valence-electron chi connectivity index (χ3n) is 4.96. The minimum absolute atomic E-state index is 0.394. The zero-order chi connectivity index (χ0) is 13.6. The highest BCUT2D eigenvalue weighted by Gasteiger charge is 2.45. The van der Waals surface area contributed by atoms with E-state index in [0.29, 0.717) is 11.8 Å². The van der Waals surface area contributed by atoms with E-state index < -0.39 is 11.4 Å². The van der Waals surface area contributed by atoms with Crippen LogP contribution >= 0.6 is 0 Å². The van der Waals surface area contributed by atoms with Crippen LogP contribution in [0.1, 0.15) is 78.6 Å². The predicted octanol–water partition coefficient (Wildman–Crippen LogP) is 4.87. The number of carboxylic acid groups (broad SMARTS) is 1. The Kier molecular flexibility index (Phi) is 6.17. The van der Waals surface area contributed by atoms with E-state index in [0.717, 1.165) is 38.5 Å². The van der Waals surface area contributed by atoms with Gasteiger partial charge >= 0.3 is 5.97 Å². The number of rotatable bonds is 8. The summed E-state index contributed by atoms with van der Waals surface area (Å²) in [5.41, 5.74) is -0.394. The molecule has 3 unspecified atom stereocenters. The molecule has 1 fully saturated rings. The average molecular weight is 254 g/mol. The monoisotopic (exact) mass is 254 g/mol. The Morgan fingerprint density at radius 3 is 2.56 bits per heavy atom. The van der Waals surface area contributed by atoms with Gasteiger partial charge in [-0.15, -0.1) is 0 Å². The lowest BCUT2D eigenvalue weighted by Crippen LogP contribution is -2.31. The van der Waals surface area contributed by atoms with Gasteiger partial charge in [-0.2, -0.15) is 0 Å². The van der Waals surface area contributed by atoms with E-state index in [-0.39, 0.29) is 0 Å². The number of hydrogen-bond donors (Lipinski definition) is 1. The van der Waals surface area contributed by atoms with E-state index in [1.807, 2.05) is 0 Å². The number of hydrogen-bond acceptors (Lipinski definition) is 1. The van der Waals surface area contributed by atoms with Gasteiger partial charge in [0.25, 0.3) is 0 Å². The molecule has 1 aliphatic carbocycles. The number of carbonyl (C=O) groups is 1. The average Bonchev–Trinajstić information content (AvgIpc) is 2.79. The maximum Gasteiger partial charge on any atom is 0.309 e. The minimum atomic E-state index is -0.534. The van der Waals surface area contributed by atoms with Gasteiger partial charge in [-0.3, -0.25) is 4.79 Å². The first-order valence-electron chi connectivity index (χ1n) is 7.81. The highest BCUT2D eigenvalue weighted by atomic mass is 16.4. The van der Waals surface area contributed by atoms with Crippen molar-refractivity contribution in [1.29, 1.82) is 0 Å². The van der Waals surface area contributed by atoms with Crippen LogP contribution in [0, 0.1) is 17.3 Å². The van der Waals surface area contributed by atoms with Crippen LogP contribution < -0.4 is 0 Å². The molecular weight excluding hydrogens is 224 g/mol. The van der Waals surface area contributed by atoms with Crippen molar-refractivity contribution in [3.63, 3.8) is 0 Å². The van der Waals surface area contributed by atoms with E-state index in [9.17, 15) is 9.90 Å². The van der Waals surface area contributed by atoms with Crippen molar-refractivity contribution in [3.05, 3.63) is 0 Å².